The highest BCUT2D eigenvalue weighted by Crippen LogP contribution is 2.33. The minimum atomic E-state index is -0.177. The summed E-state index contributed by atoms with van der Waals surface area (Å²) in [6.45, 7) is 0. The monoisotopic (exact) mass is 281 g/mol. The first kappa shape index (κ1) is 12.0. The van der Waals surface area contributed by atoms with E-state index in [1.807, 2.05) is 18.3 Å². The Labute approximate surface area is 121 Å². The van der Waals surface area contributed by atoms with Gasteiger partial charge in [-0.1, -0.05) is 24.3 Å². The molecule has 1 aromatic carbocycles. The summed E-state index contributed by atoms with van der Waals surface area (Å²) in [5, 5.41) is 2.15. The fourth-order valence-corrected chi connectivity index (χ4v) is 4.03. The molecule has 0 radical (unpaired) electrons. The average Bonchev–Trinajstić information content (AvgIpc) is 3.07. The van der Waals surface area contributed by atoms with Gasteiger partial charge >= 0.3 is 0 Å². The van der Waals surface area contributed by atoms with Crippen LogP contribution in [0.15, 0.2) is 36.5 Å². The van der Waals surface area contributed by atoms with Crippen LogP contribution in [0.5, 0.6) is 0 Å². The van der Waals surface area contributed by atoms with E-state index in [0.717, 1.165) is 34.3 Å². The minimum Gasteiger partial charge on any atom is -0.318 e. The van der Waals surface area contributed by atoms with E-state index >= 15 is 0 Å². The molecular formula is C16H15N3S. The lowest BCUT2D eigenvalue weighted by Crippen LogP contribution is -2.12. The summed E-state index contributed by atoms with van der Waals surface area (Å²) < 4.78 is 0. The Kier molecular flexibility index (Phi) is 2.79. The Morgan fingerprint density at radius 2 is 2.05 bits per heavy atom. The van der Waals surface area contributed by atoms with Crippen LogP contribution in [-0.2, 0) is 12.8 Å². The topological polar surface area (TPSA) is 51.8 Å². The molecule has 2 aromatic heterocycles. The standard InChI is InChI=1S/C16H15N3S/c17-14(16-19-12-7-2-8-13(12)20-16)11-6-1-4-10-5-3-9-18-15(10)11/h1,3-6,9,14H,2,7-8,17H2. The average molecular weight is 281 g/mol. The van der Waals surface area contributed by atoms with Crippen molar-refractivity contribution in [2.24, 2.45) is 5.73 Å². The van der Waals surface area contributed by atoms with Crippen LogP contribution in [0.3, 0.4) is 0 Å². The number of nitrogens with two attached hydrogens (primary N) is 1. The minimum absolute atomic E-state index is 0.177. The highest BCUT2D eigenvalue weighted by Gasteiger charge is 2.22. The van der Waals surface area contributed by atoms with E-state index in [-0.39, 0.29) is 6.04 Å². The molecule has 0 spiro atoms. The number of para-hydroxylation sites is 1. The maximum atomic E-state index is 6.45. The number of nitrogens with zero attached hydrogens (tertiary/aromatic N) is 2. The number of pyridine rings is 1. The van der Waals surface area contributed by atoms with Gasteiger partial charge in [-0.2, -0.15) is 0 Å². The number of fused-ring (bicyclic) bond motifs is 2. The summed E-state index contributed by atoms with van der Waals surface area (Å²) in [6.07, 6.45) is 5.32. The normalized spacial score (nSPS) is 15.4. The van der Waals surface area contributed by atoms with Gasteiger partial charge in [0.2, 0.25) is 0 Å². The zero-order chi connectivity index (χ0) is 13.5. The third-order valence-corrected chi connectivity index (χ3v) is 5.12. The smallest absolute Gasteiger partial charge is 0.115 e. The van der Waals surface area contributed by atoms with Crippen molar-refractivity contribution >= 4 is 22.2 Å². The number of benzene rings is 1. The van der Waals surface area contributed by atoms with Crippen LogP contribution in [0.4, 0.5) is 0 Å². The van der Waals surface area contributed by atoms with Gasteiger partial charge < -0.3 is 5.73 Å². The van der Waals surface area contributed by atoms with Crippen molar-refractivity contribution in [2.75, 3.05) is 0 Å². The molecule has 0 bridgehead atoms. The highest BCUT2D eigenvalue weighted by molar-refractivity contribution is 7.11. The molecule has 0 saturated carbocycles. The Hall–Kier alpha value is -1.78. The van der Waals surface area contributed by atoms with Crippen LogP contribution in [0, 0.1) is 0 Å². The van der Waals surface area contributed by atoms with Gasteiger partial charge in [-0.15, -0.1) is 11.3 Å². The van der Waals surface area contributed by atoms with E-state index in [4.69, 9.17) is 10.7 Å². The van der Waals surface area contributed by atoms with Crippen LogP contribution < -0.4 is 5.73 Å². The van der Waals surface area contributed by atoms with Gasteiger partial charge in [0.1, 0.15) is 5.01 Å². The molecule has 4 heteroatoms. The highest BCUT2D eigenvalue weighted by atomic mass is 32.1. The summed E-state index contributed by atoms with van der Waals surface area (Å²) in [4.78, 5) is 10.6. The Bertz CT molecular complexity index is 751. The van der Waals surface area contributed by atoms with Crippen LogP contribution in [0.1, 0.15) is 33.6 Å². The first-order valence-electron chi connectivity index (χ1n) is 6.90. The van der Waals surface area contributed by atoms with Crippen LogP contribution in [0.25, 0.3) is 10.9 Å². The molecule has 0 fully saturated rings. The van der Waals surface area contributed by atoms with Crippen LogP contribution >= 0.6 is 11.3 Å². The van der Waals surface area contributed by atoms with Gasteiger partial charge in [-0.3, -0.25) is 4.98 Å². The van der Waals surface area contributed by atoms with E-state index < -0.39 is 0 Å². The fraction of sp³-hybridized carbons (Fsp3) is 0.250. The van der Waals surface area contributed by atoms with Gasteiger partial charge in [0.05, 0.1) is 17.3 Å². The second-order valence-electron chi connectivity index (χ2n) is 5.18. The summed E-state index contributed by atoms with van der Waals surface area (Å²) >= 11 is 1.77. The fourth-order valence-electron chi connectivity index (χ4n) is 2.86. The quantitative estimate of drug-likeness (QED) is 0.784. The molecule has 4 rings (SSSR count). The molecule has 2 N–H and O–H groups in total. The van der Waals surface area contributed by atoms with E-state index in [1.54, 1.807) is 11.3 Å². The lowest BCUT2D eigenvalue weighted by molar-refractivity contribution is 0.837. The summed E-state index contributed by atoms with van der Waals surface area (Å²) in [5.74, 6) is 0. The molecule has 1 aliphatic carbocycles. The molecule has 1 unspecified atom stereocenters. The van der Waals surface area contributed by atoms with Crippen LogP contribution in [-0.4, -0.2) is 9.97 Å². The second-order valence-corrected chi connectivity index (χ2v) is 6.29. The van der Waals surface area contributed by atoms with E-state index in [1.165, 1.54) is 17.0 Å². The number of hydrogen-bond donors (Lipinski definition) is 1. The van der Waals surface area contributed by atoms with Crippen molar-refractivity contribution in [1.29, 1.82) is 0 Å². The number of rotatable bonds is 2. The Morgan fingerprint density at radius 1 is 1.15 bits per heavy atom. The number of thiazole rings is 1. The maximum Gasteiger partial charge on any atom is 0.115 e. The molecule has 0 amide bonds. The predicted octanol–water partition coefficient (Wildman–Crippen LogP) is 3.23. The SMILES string of the molecule is NC(c1nc2c(s1)CCC2)c1cccc2cccnc12. The first-order chi connectivity index (χ1) is 9.83. The van der Waals surface area contributed by atoms with E-state index in [2.05, 4.69) is 23.2 Å². The molecule has 0 saturated heterocycles. The third-order valence-electron chi connectivity index (χ3n) is 3.88. The molecule has 1 atom stereocenters. The first-order valence-corrected chi connectivity index (χ1v) is 7.72. The Morgan fingerprint density at radius 3 is 2.95 bits per heavy atom. The summed E-state index contributed by atoms with van der Waals surface area (Å²) in [7, 11) is 0. The lowest BCUT2D eigenvalue weighted by Gasteiger charge is -2.11. The van der Waals surface area contributed by atoms with Gasteiger partial charge in [-0.05, 0) is 25.3 Å². The lowest BCUT2D eigenvalue weighted by atomic mass is 10.0. The third kappa shape index (κ3) is 1.84. The van der Waals surface area contributed by atoms with Crippen molar-refractivity contribution < 1.29 is 0 Å². The number of aryl methyl sites for hydroxylation is 2. The van der Waals surface area contributed by atoms with Gasteiger partial charge in [-0.25, -0.2) is 4.98 Å². The van der Waals surface area contributed by atoms with Gasteiger partial charge in [0, 0.05) is 22.0 Å². The molecule has 3 nitrogen and oxygen atoms in total. The molecule has 0 aliphatic heterocycles. The molecular weight excluding hydrogens is 266 g/mol. The molecule has 100 valence electrons. The maximum absolute atomic E-state index is 6.45. The Balaban J connectivity index is 1.81. The van der Waals surface area contributed by atoms with E-state index in [9.17, 15) is 0 Å². The molecule has 20 heavy (non-hydrogen) atoms. The van der Waals surface area contributed by atoms with Crippen molar-refractivity contribution in [2.45, 2.75) is 25.3 Å². The zero-order valence-electron chi connectivity index (χ0n) is 11.0. The van der Waals surface area contributed by atoms with Crippen LogP contribution in [0.2, 0.25) is 0 Å². The summed E-state index contributed by atoms with van der Waals surface area (Å²) in [6, 6.07) is 10.0. The molecule has 2 heterocycles. The number of hydrogen-bond acceptors (Lipinski definition) is 4. The van der Waals surface area contributed by atoms with Crippen molar-refractivity contribution in [3.05, 3.63) is 57.7 Å². The van der Waals surface area contributed by atoms with E-state index in [0.29, 0.717) is 0 Å². The predicted molar refractivity (Wildman–Crippen MR) is 81.9 cm³/mol. The second kappa shape index (κ2) is 4.65. The molecule has 1 aliphatic rings. The van der Waals surface area contributed by atoms with Gasteiger partial charge in [0.15, 0.2) is 0 Å². The van der Waals surface area contributed by atoms with Gasteiger partial charge in [0.25, 0.3) is 0 Å². The largest absolute Gasteiger partial charge is 0.318 e. The molecule has 3 aromatic rings. The van der Waals surface area contributed by atoms with Crippen molar-refractivity contribution in [3.8, 4) is 0 Å². The van der Waals surface area contributed by atoms with Crippen molar-refractivity contribution in [3.63, 3.8) is 0 Å². The summed E-state index contributed by atoms with van der Waals surface area (Å²) in [5.41, 5.74) is 9.76. The number of aromatic nitrogens is 2. The van der Waals surface area contributed by atoms with Crippen molar-refractivity contribution in [1.82, 2.24) is 9.97 Å². The zero-order valence-corrected chi connectivity index (χ0v) is 11.9.